The number of hydrogen-bond acceptors (Lipinski definition) is 3. The van der Waals surface area contributed by atoms with E-state index in [0.29, 0.717) is 5.69 Å². The second-order valence-electron chi connectivity index (χ2n) is 3.90. The van der Waals surface area contributed by atoms with Crippen LogP contribution < -0.4 is 0 Å². The fourth-order valence-corrected chi connectivity index (χ4v) is 2.18. The van der Waals surface area contributed by atoms with Crippen LogP contribution >= 0.6 is 11.6 Å². The van der Waals surface area contributed by atoms with Crippen LogP contribution in [0, 0.1) is 17.0 Å². The van der Waals surface area contributed by atoms with E-state index in [2.05, 4.69) is 4.98 Å². The molecule has 7 heteroatoms. The summed E-state index contributed by atoms with van der Waals surface area (Å²) in [5.74, 6) is -1.15. The number of carboxylic acid groups (broad SMARTS) is 1. The number of para-hydroxylation sites is 1. The number of nitrogens with zero attached hydrogens (tertiary/aromatic N) is 1. The number of nitro benzene ring substituents is 1. The summed E-state index contributed by atoms with van der Waals surface area (Å²) in [5.41, 5.74) is 0.561. The zero-order chi connectivity index (χ0) is 14.2. The normalized spacial score (nSPS) is 10.4. The fraction of sp³-hybridized carbons (Fsp3) is 0.0833. The van der Waals surface area contributed by atoms with Crippen LogP contribution in [-0.2, 0) is 0 Å². The molecule has 2 aromatic rings. The average molecular weight is 281 g/mol. The highest BCUT2D eigenvalue weighted by Gasteiger charge is 2.25. The summed E-state index contributed by atoms with van der Waals surface area (Å²) in [5, 5.41) is 20.2. The molecule has 0 bridgehead atoms. The van der Waals surface area contributed by atoms with E-state index in [0.717, 1.165) is 0 Å². The molecule has 0 spiro atoms. The summed E-state index contributed by atoms with van der Waals surface area (Å²) >= 11 is 5.81. The third-order valence-corrected chi connectivity index (χ3v) is 3.06. The van der Waals surface area contributed by atoms with Gasteiger partial charge in [-0.15, -0.1) is 0 Å². The van der Waals surface area contributed by atoms with Crippen molar-refractivity contribution in [1.82, 2.24) is 4.98 Å². The Kier molecular flexibility index (Phi) is 3.26. The van der Waals surface area contributed by atoms with Gasteiger partial charge in [0.05, 0.1) is 16.1 Å². The predicted octanol–water partition coefficient (Wildman–Crippen LogP) is 3.25. The molecule has 98 valence electrons. The third-order valence-electron chi connectivity index (χ3n) is 2.75. The number of hydrogen-bond donors (Lipinski definition) is 2. The number of carboxylic acids is 1. The molecule has 0 fully saturated rings. The van der Waals surface area contributed by atoms with E-state index in [1.54, 1.807) is 13.0 Å². The van der Waals surface area contributed by atoms with Gasteiger partial charge in [-0.3, -0.25) is 10.1 Å². The highest BCUT2D eigenvalue weighted by Crippen LogP contribution is 2.37. The Labute approximate surface area is 112 Å². The van der Waals surface area contributed by atoms with Gasteiger partial charge in [0.1, 0.15) is 5.02 Å². The van der Waals surface area contributed by atoms with Crippen LogP contribution in [0.4, 0.5) is 5.69 Å². The van der Waals surface area contributed by atoms with Crippen molar-refractivity contribution in [3.05, 3.63) is 50.8 Å². The lowest BCUT2D eigenvalue weighted by Gasteiger charge is -2.04. The Morgan fingerprint density at radius 2 is 2.11 bits per heavy atom. The lowest BCUT2D eigenvalue weighted by molar-refractivity contribution is -0.384. The number of nitrogens with one attached hydrogen (secondary N) is 1. The van der Waals surface area contributed by atoms with Crippen LogP contribution in [-0.4, -0.2) is 21.0 Å². The summed E-state index contributed by atoms with van der Waals surface area (Å²) in [7, 11) is 0. The van der Waals surface area contributed by atoms with Gasteiger partial charge in [-0.05, 0) is 19.1 Å². The van der Waals surface area contributed by atoms with E-state index >= 15 is 0 Å². The van der Waals surface area contributed by atoms with Crippen molar-refractivity contribution in [3.8, 4) is 11.1 Å². The van der Waals surface area contributed by atoms with Gasteiger partial charge in [0.25, 0.3) is 5.69 Å². The lowest BCUT2D eigenvalue weighted by Crippen LogP contribution is -2.00. The number of halogens is 1. The summed E-state index contributed by atoms with van der Waals surface area (Å²) in [6.07, 6.45) is 1.43. The Hall–Kier alpha value is -2.34. The van der Waals surface area contributed by atoms with Crippen molar-refractivity contribution < 1.29 is 14.8 Å². The molecule has 1 aromatic carbocycles. The first kappa shape index (κ1) is 13.1. The number of rotatable bonds is 3. The van der Waals surface area contributed by atoms with Crippen LogP contribution in [0.5, 0.6) is 0 Å². The Balaban J connectivity index is 2.77. The summed E-state index contributed by atoms with van der Waals surface area (Å²) in [6, 6.07) is 4.40. The van der Waals surface area contributed by atoms with E-state index in [4.69, 9.17) is 11.6 Å². The van der Waals surface area contributed by atoms with Crippen LogP contribution in [0.25, 0.3) is 11.1 Å². The average Bonchev–Trinajstić information content (AvgIpc) is 2.70. The monoisotopic (exact) mass is 280 g/mol. The Morgan fingerprint density at radius 3 is 2.68 bits per heavy atom. The predicted molar refractivity (Wildman–Crippen MR) is 69.6 cm³/mol. The van der Waals surface area contributed by atoms with Gasteiger partial charge in [0.2, 0.25) is 0 Å². The van der Waals surface area contributed by atoms with E-state index in [-0.39, 0.29) is 27.4 Å². The second-order valence-corrected chi connectivity index (χ2v) is 4.31. The van der Waals surface area contributed by atoms with Gasteiger partial charge in [0.15, 0.2) is 0 Å². The number of aryl methyl sites for hydroxylation is 1. The van der Waals surface area contributed by atoms with Crippen molar-refractivity contribution in [1.29, 1.82) is 0 Å². The molecule has 0 atom stereocenters. The number of aromatic nitrogens is 1. The molecule has 1 aromatic heterocycles. The van der Waals surface area contributed by atoms with Gasteiger partial charge in [-0.2, -0.15) is 0 Å². The molecular formula is C12H9ClN2O4. The molecule has 0 radical (unpaired) electrons. The van der Waals surface area contributed by atoms with Crippen LogP contribution in [0.1, 0.15) is 16.1 Å². The van der Waals surface area contributed by atoms with E-state index < -0.39 is 10.9 Å². The standard InChI is InChI=1S/C12H9ClN2O4/c1-6-10(12(16)17)8(5-14-6)7-3-2-4-9(13)11(7)15(18)19/h2-5,14H,1H3,(H,16,17). The molecule has 2 N–H and O–H groups in total. The van der Waals surface area contributed by atoms with Crippen molar-refractivity contribution >= 4 is 23.3 Å². The molecule has 2 rings (SSSR count). The van der Waals surface area contributed by atoms with Crippen molar-refractivity contribution in [2.45, 2.75) is 6.92 Å². The molecule has 6 nitrogen and oxygen atoms in total. The molecule has 19 heavy (non-hydrogen) atoms. The van der Waals surface area contributed by atoms with Crippen LogP contribution in [0.2, 0.25) is 5.02 Å². The molecule has 0 saturated carbocycles. The summed E-state index contributed by atoms with van der Waals surface area (Å²) < 4.78 is 0. The number of H-pyrrole nitrogens is 1. The van der Waals surface area contributed by atoms with Crippen molar-refractivity contribution in [3.63, 3.8) is 0 Å². The van der Waals surface area contributed by atoms with Crippen molar-refractivity contribution in [2.24, 2.45) is 0 Å². The lowest BCUT2D eigenvalue weighted by atomic mass is 10.0. The van der Waals surface area contributed by atoms with Gasteiger partial charge in [0, 0.05) is 17.5 Å². The molecular weight excluding hydrogens is 272 g/mol. The SMILES string of the molecule is Cc1[nH]cc(-c2cccc(Cl)c2[N+](=O)[O-])c1C(=O)O. The molecule has 0 saturated heterocycles. The Morgan fingerprint density at radius 1 is 1.42 bits per heavy atom. The first-order valence-corrected chi connectivity index (χ1v) is 5.65. The minimum absolute atomic E-state index is 0.00497. The number of nitro groups is 1. The maximum absolute atomic E-state index is 11.2. The third kappa shape index (κ3) is 2.17. The first-order chi connectivity index (χ1) is 8.93. The molecule has 0 aliphatic carbocycles. The van der Waals surface area contributed by atoms with Gasteiger partial charge < -0.3 is 10.1 Å². The summed E-state index contributed by atoms with van der Waals surface area (Å²) in [6.45, 7) is 1.59. The zero-order valence-electron chi connectivity index (χ0n) is 9.81. The van der Waals surface area contributed by atoms with Gasteiger partial charge in [-0.25, -0.2) is 4.79 Å². The fourth-order valence-electron chi connectivity index (χ4n) is 1.93. The molecule has 1 heterocycles. The molecule has 0 aliphatic heterocycles. The minimum Gasteiger partial charge on any atom is -0.478 e. The van der Waals surface area contributed by atoms with Gasteiger partial charge >= 0.3 is 5.97 Å². The van der Waals surface area contributed by atoms with Gasteiger partial charge in [-0.1, -0.05) is 17.7 Å². The van der Waals surface area contributed by atoms with Crippen LogP contribution in [0.3, 0.4) is 0 Å². The molecule has 0 unspecified atom stereocenters. The number of aromatic carboxylic acids is 1. The zero-order valence-corrected chi connectivity index (χ0v) is 10.6. The number of carbonyl (C=O) groups is 1. The largest absolute Gasteiger partial charge is 0.478 e. The summed E-state index contributed by atoms with van der Waals surface area (Å²) in [4.78, 5) is 24.4. The number of aromatic amines is 1. The van der Waals surface area contributed by atoms with E-state index in [1.165, 1.54) is 18.3 Å². The minimum atomic E-state index is -1.15. The number of benzene rings is 1. The quantitative estimate of drug-likeness (QED) is 0.666. The smallest absolute Gasteiger partial charge is 0.338 e. The van der Waals surface area contributed by atoms with E-state index in [9.17, 15) is 20.0 Å². The maximum Gasteiger partial charge on any atom is 0.338 e. The maximum atomic E-state index is 11.2. The van der Waals surface area contributed by atoms with Crippen LogP contribution in [0.15, 0.2) is 24.4 Å². The topological polar surface area (TPSA) is 96.2 Å². The molecule has 0 amide bonds. The molecule has 0 aliphatic rings. The Bertz CT molecular complexity index is 678. The highest BCUT2D eigenvalue weighted by molar-refractivity contribution is 6.33. The second kappa shape index (κ2) is 4.74. The first-order valence-electron chi connectivity index (χ1n) is 5.28. The van der Waals surface area contributed by atoms with Crippen molar-refractivity contribution in [2.75, 3.05) is 0 Å². The van der Waals surface area contributed by atoms with E-state index in [1.807, 2.05) is 0 Å². The highest BCUT2D eigenvalue weighted by atomic mass is 35.5.